The maximum atomic E-state index is 12.0. The van der Waals surface area contributed by atoms with Gasteiger partial charge >= 0.3 is 6.09 Å². The Kier molecular flexibility index (Phi) is 5.40. The van der Waals surface area contributed by atoms with Crippen LogP contribution in [0, 0.1) is 0 Å². The van der Waals surface area contributed by atoms with Crippen LogP contribution in [-0.2, 0) is 9.53 Å². The predicted octanol–water partition coefficient (Wildman–Crippen LogP) is 3.70. The first-order valence-corrected chi connectivity index (χ1v) is 8.22. The van der Waals surface area contributed by atoms with E-state index in [0.717, 1.165) is 0 Å². The number of anilines is 2. The van der Waals surface area contributed by atoms with E-state index in [0.29, 0.717) is 35.3 Å². The van der Waals surface area contributed by atoms with Gasteiger partial charge in [-0.3, -0.25) is 9.69 Å². The maximum Gasteiger partial charge on any atom is 0.414 e. The summed E-state index contributed by atoms with van der Waals surface area (Å²) < 4.78 is 10.4. The fourth-order valence-corrected chi connectivity index (χ4v) is 2.60. The normalized spacial score (nSPS) is 13.5. The summed E-state index contributed by atoms with van der Waals surface area (Å²) in [6, 6.07) is 14.1. The Hall–Kier alpha value is -2.73. The molecule has 0 atom stereocenters. The lowest BCUT2D eigenvalue weighted by Gasteiger charge is -2.14. The molecule has 25 heavy (non-hydrogen) atoms. The van der Waals surface area contributed by atoms with E-state index in [1.54, 1.807) is 48.5 Å². The molecule has 7 heteroatoms. The van der Waals surface area contributed by atoms with E-state index in [2.05, 4.69) is 5.32 Å². The van der Waals surface area contributed by atoms with Gasteiger partial charge in [-0.25, -0.2) is 4.79 Å². The highest BCUT2D eigenvalue weighted by molar-refractivity contribution is 6.30. The fraction of sp³-hybridized carbons (Fsp3) is 0.222. The van der Waals surface area contributed by atoms with Crippen molar-refractivity contribution in [3.63, 3.8) is 0 Å². The number of hydrogen-bond acceptors (Lipinski definition) is 4. The second-order valence-corrected chi connectivity index (χ2v) is 5.86. The van der Waals surface area contributed by atoms with Crippen LogP contribution in [0.3, 0.4) is 0 Å². The summed E-state index contributed by atoms with van der Waals surface area (Å²) >= 11 is 5.88. The highest BCUT2D eigenvalue weighted by Gasteiger charge is 2.23. The molecule has 2 amide bonds. The van der Waals surface area contributed by atoms with E-state index in [4.69, 9.17) is 21.1 Å². The van der Waals surface area contributed by atoms with Crippen molar-refractivity contribution in [1.82, 2.24) is 0 Å². The second-order valence-electron chi connectivity index (χ2n) is 5.42. The van der Waals surface area contributed by atoms with Gasteiger partial charge in [0.2, 0.25) is 5.91 Å². The zero-order chi connectivity index (χ0) is 17.6. The molecule has 0 unspecified atom stereocenters. The molecule has 0 spiro atoms. The minimum atomic E-state index is -0.376. The first-order chi connectivity index (χ1) is 12.1. The number of amides is 2. The summed E-state index contributed by atoms with van der Waals surface area (Å²) in [5.41, 5.74) is 1.31. The van der Waals surface area contributed by atoms with E-state index in [9.17, 15) is 9.59 Å². The smallest absolute Gasteiger partial charge is 0.414 e. The van der Waals surface area contributed by atoms with Crippen molar-refractivity contribution in [2.75, 3.05) is 30.0 Å². The number of benzene rings is 2. The predicted molar refractivity (Wildman–Crippen MR) is 95.3 cm³/mol. The number of ether oxygens (including phenoxy) is 2. The first kappa shape index (κ1) is 17.1. The van der Waals surface area contributed by atoms with Gasteiger partial charge in [-0.05, 0) is 36.4 Å². The minimum absolute atomic E-state index is 0.178. The topological polar surface area (TPSA) is 67.9 Å². The molecule has 130 valence electrons. The highest BCUT2D eigenvalue weighted by atomic mass is 35.5. The molecule has 3 rings (SSSR count). The molecule has 1 heterocycles. The molecule has 1 aliphatic heterocycles. The number of halogens is 1. The summed E-state index contributed by atoms with van der Waals surface area (Å²) in [4.78, 5) is 25.2. The molecule has 0 saturated carbocycles. The van der Waals surface area contributed by atoms with E-state index < -0.39 is 0 Å². The van der Waals surface area contributed by atoms with Crippen molar-refractivity contribution < 1.29 is 19.1 Å². The quantitative estimate of drug-likeness (QED) is 0.852. The summed E-state index contributed by atoms with van der Waals surface area (Å²) in [6.07, 6.45) is -0.180. The average molecular weight is 361 g/mol. The van der Waals surface area contributed by atoms with Crippen LogP contribution in [0.15, 0.2) is 48.5 Å². The Morgan fingerprint density at radius 3 is 2.84 bits per heavy atom. The number of carbonyl (C=O) groups excluding carboxylic acids is 2. The van der Waals surface area contributed by atoms with Crippen LogP contribution >= 0.6 is 11.6 Å². The largest absolute Gasteiger partial charge is 0.493 e. The Bertz CT molecular complexity index is 781. The highest BCUT2D eigenvalue weighted by Crippen LogP contribution is 2.22. The summed E-state index contributed by atoms with van der Waals surface area (Å²) in [5, 5.41) is 3.38. The molecule has 2 aromatic carbocycles. The van der Waals surface area contributed by atoms with E-state index >= 15 is 0 Å². The molecular weight excluding hydrogens is 344 g/mol. The van der Waals surface area contributed by atoms with Gasteiger partial charge in [0.05, 0.1) is 19.6 Å². The van der Waals surface area contributed by atoms with Gasteiger partial charge in [-0.2, -0.15) is 0 Å². The van der Waals surface area contributed by atoms with Gasteiger partial charge < -0.3 is 14.8 Å². The molecule has 0 aromatic heterocycles. The Balaban J connectivity index is 1.51. The summed E-state index contributed by atoms with van der Waals surface area (Å²) in [5.74, 6) is 0.443. The van der Waals surface area contributed by atoms with Crippen LogP contribution in [0.1, 0.15) is 6.42 Å². The van der Waals surface area contributed by atoms with Crippen LogP contribution in [0.5, 0.6) is 5.75 Å². The number of carbonyl (C=O) groups is 2. The zero-order valence-corrected chi connectivity index (χ0v) is 14.2. The van der Waals surface area contributed by atoms with Crippen molar-refractivity contribution >= 4 is 35.0 Å². The molecule has 0 bridgehead atoms. The number of rotatable bonds is 6. The fourth-order valence-electron chi connectivity index (χ4n) is 2.42. The third-order valence-corrected chi connectivity index (χ3v) is 3.83. The number of nitrogens with zero attached hydrogens (tertiary/aromatic N) is 1. The van der Waals surface area contributed by atoms with E-state index in [1.165, 1.54) is 4.90 Å². The van der Waals surface area contributed by atoms with E-state index in [-0.39, 0.29) is 25.0 Å². The molecule has 1 saturated heterocycles. The Morgan fingerprint density at radius 1 is 1.24 bits per heavy atom. The monoisotopic (exact) mass is 360 g/mol. The Morgan fingerprint density at radius 2 is 2.08 bits per heavy atom. The molecule has 1 fully saturated rings. The van der Waals surface area contributed by atoms with Gasteiger partial charge in [0, 0.05) is 16.4 Å². The lowest BCUT2D eigenvalue weighted by Crippen LogP contribution is -2.23. The van der Waals surface area contributed by atoms with Crippen LogP contribution in [0.2, 0.25) is 5.02 Å². The standard InChI is InChI=1S/C18H17ClN2O4/c19-13-3-1-6-16(11-13)24-9-7-17(22)20-14-4-2-5-15(12-14)21-8-10-25-18(21)23/h1-6,11-12H,7-10H2,(H,20,22). The number of hydrogen-bond donors (Lipinski definition) is 1. The second kappa shape index (κ2) is 7.90. The number of nitrogens with one attached hydrogen (secondary N) is 1. The molecule has 0 radical (unpaired) electrons. The Labute approximate surface area is 150 Å². The molecule has 1 aliphatic rings. The van der Waals surface area contributed by atoms with Gasteiger partial charge in [0.25, 0.3) is 0 Å². The lowest BCUT2D eigenvalue weighted by atomic mass is 10.2. The zero-order valence-electron chi connectivity index (χ0n) is 13.4. The molecule has 1 N–H and O–H groups in total. The van der Waals surface area contributed by atoms with Crippen LogP contribution in [0.25, 0.3) is 0 Å². The first-order valence-electron chi connectivity index (χ1n) is 7.84. The maximum absolute atomic E-state index is 12.0. The van der Waals surface area contributed by atoms with Crippen molar-refractivity contribution in [3.8, 4) is 5.75 Å². The van der Waals surface area contributed by atoms with Crippen molar-refractivity contribution in [2.24, 2.45) is 0 Å². The van der Waals surface area contributed by atoms with Crippen molar-refractivity contribution in [2.45, 2.75) is 6.42 Å². The van der Waals surface area contributed by atoms with Crippen molar-refractivity contribution in [1.29, 1.82) is 0 Å². The van der Waals surface area contributed by atoms with Crippen LogP contribution < -0.4 is 15.0 Å². The van der Waals surface area contributed by atoms with Crippen LogP contribution in [0.4, 0.5) is 16.2 Å². The van der Waals surface area contributed by atoms with Crippen LogP contribution in [-0.4, -0.2) is 31.8 Å². The lowest BCUT2D eigenvalue weighted by molar-refractivity contribution is -0.116. The third kappa shape index (κ3) is 4.64. The minimum Gasteiger partial charge on any atom is -0.493 e. The molecule has 2 aromatic rings. The third-order valence-electron chi connectivity index (χ3n) is 3.60. The van der Waals surface area contributed by atoms with Gasteiger partial charge in [-0.1, -0.05) is 23.7 Å². The summed E-state index contributed by atoms with van der Waals surface area (Å²) in [6.45, 7) is 1.12. The summed E-state index contributed by atoms with van der Waals surface area (Å²) in [7, 11) is 0. The van der Waals surface area contributed by atoms with Crippen molar-refractivity contribution in [3.05, 3.63) is 53.6 Å². The number of cyclic esters (lactones) is 1. The molecule has 6 nitrogen and oxygen atoms in total. The molecular formula is C18H17ClN2O4. The van der Waals surface area contributed by atoms with E-state index in [1.807, 2.05) is 0 Å². The van der Waals surface area contributed by atoms with Gasteiger partial charge in [0.15, 0.2) is 0 Å². The van der Waals surface area contributed by atoms with Gasteiger partial charge in [-0.15, -0.1) is 0 Å². The van der Waals surface area contributed by atoms with Gasteiger partial charge in [0.1, 0.15) is 12.4 Å². The molecule has 0 aliphatic carbocycles. The SMILES string of the molecule is O=C(CCOc1cccc(Cl)c1)Nc1cccc(N2CCOC2=O)c1. The average Bonchev–Trinajstić information content (AvgIpc) is 3.01.